The molecule has 2 rings (SSSR count). The summed E-state index contributed by atoms with van der Waals surface area (Å²) in [6.07, 6.45) is 1.04. The van der Waals surface area contributed by atoms with Crippen molar-refractivity contribution in [2.75, 3.05) is 0 Å². The first-order valence-corrected chi connectivity index (χ1v) is 5.46. The molecule has 2 unspecified atom stereocenters. The van der Waals surface area contributed by atoms with Crippen molar-refractivity contribution in [3.63, 3.8) is 0 Å². The zero-order valence-corrected chi connectivity index (χ0v) is 9.20. The van der Waals surface area contributed by atoms with Crippen molar-refractivity contribution in [3.05, 3.63) is 29.8 Å². The van der Waals surface area contributed by atoms with Crippen LogP contribution in [0.5, 0.6) is 5.75 Å². The minimum Gasteiger partial charge on any atom is -0.508 e. The molecule has 82 valence electrons. The Morgan fingerprint density at radius 2 is 1.60 bits per heavy atom. The van der Waals surface area contributed by atoms with Crippen molar-refractivity contribution < 1.29 is 5.11 Å². The molecular weight excluding hydrogens is 188 g/mol. The third-order valence-corrected chi connectivity index (χ3v) is 3.23. The summed E-state index contributed by atoms with van der Waals surface area (Å²) in [5.41, 5.74) is 7.78. The van der Waals surface area contributed by atoms with Gasteiger partial charge in [-0.15, -0.1) is 0 Å². The fourth-order valence-electron chi connectivity index (χ4n) is 2.17. The van der Waals surface area contributed by atoms with Crippen molar-refractivity contribution >= 4 is 0 Å². The summed E-state index contributed by atoms with van der Waals surface area (Å²) in [7, 11) is 0. The molecule has 3 nitrogen and oxygen atoms in total. The molecule has 1 aliphatic rings. The van der Waals surface area contributed by atoms with Gasteiger partial charge in [0.05, 0.1) is 0 Å². The maximum atomic E-state index is 9.20. The number of phenols is 1. The molecule has 3 heteroatoms. The van der Waals surface area contributed by atoms with Gasteiger partial charge in [-0.25, -0.2) is 0 Å². The molecule has 1 saturated heterocycles. The Hall–Kier alpha value is -1.06. The first kappa shape index (κ1) is 10.5. The van der Waals surface area contributed by atoms with E-state index in [0.29, 0.717) is 23.8 Å². The predicted molar refractivity (Wildman–Crippen MR) is 60.5 cm³/mol. The number of rotatable bonds is 2. The minimum atomic E-state index is 0.336. The summed E-state index contributed by atoms with van der Waals surface area (Å²) in [6.45, 7) is 4.39. The largest absolute Gasteiger partial charge is 0.508 e. The fraction of sp³-hybridized carbons (Fsp3) is 0.500. The lowest BCUT2D eigenvalue weighted by atomic mass is 9.89. The zero-order valence-electron chi connectivity index (χ0n) is 9.20. The van der Waals surface area contributed by atoms with Crippen LogP contribution in [0.2, 0.25) is 0 Å². The lowest BCUT2D eigenvalue weighted by molar-refractivity contribution is 0.441. The standard InChI is InChI=1S/C12H18N2O/c1-8-12(9(2)14-13-8)7-10-3-5-11(15)6-4-10/h3-6,8-9,12-15H,7H2,1-2H3. The maximum absolute atomic E-state index is 9.20. The minimum absolute atomic E-state index is 0.336. The Bertz CT molecular complexity index is 313. The second-order valence-corrected chi connectivity index (χ2v) is 4.40. The summed E-state index contributed by atoms with van der Waals surface area (Å²) in [6, 6.07) is 8.48. The van der Waals surface area contributed by atoms with Gasteiger partial charge >= 0.3 is 0 Å². The van der Waals surface area contributed by atoms with Gasteiger partial charge in [0.25, 0.3) is 0 Å². The normalized spacial score (nSPS) is 30.7. The summed E-state index contributed by atoms with van der Waals surface area (Å²) in [4.78, 5) is 0. The van der Waals surface area contributed by atoms with E-state index in [1.54, 1.807) is 12.1 Å². The highest BCUT2D eigenvalue weighted by atomic mass is 16.3. The topological polar surface area (TPSA) is 44.3 Å². The van der Waals surface area contributed by atoms with Gasteiger partial charge in [0.15, 0.2) is 0 Å². The van der Waals surface area contributed by atoms with Crippen LogP contribution in [0.25, 0.3) is 0 Å². The second-order valence-electron chi connectivity index (χ2n) is 4.40. The number of hydrazine groups is 1. The van der Waals surface area contributed by atoms with Crippen molar-refractivity contribution in [3.8, 4) is 5.75 Å². The Labute approximate surface area is 90.5 Å². The molecule has 0 aromatic heterocycles. The van der Waals surface area contributed by atoms with Crippen molar-refractivity contribution in [2.24, 2.45) is 5.92 Å². The first-order valence-electron chi connectivity index (χ1n) is 5.46. The van der Waals surface area contributed by atoms with Gasteiger partial charge in [-0.1, -0.05) is 12.1 Å². The molecule has 3 N–H and O–H groups in total. The average Bonchev–Trinajstić information content (AvgIpc) is 2.53. The summed E-state index contributed by atoms with van der Waals surface area (Å²) < 4.78 is 0. The van der Waals surface area contributed by atoms with Crippen LogP contribution in [-0.4, -0.2) is 17.2 Å². The fourth-order valence-corrected chi connectivity index (χ4v) is 2.17. The lowest BCUT2D eigenvalue weighted by Gasteiger charge is -2.17. The Balaban J connectivity index is 2.04. The molecule has 1 aliphatic heterocycles. The van der Waals surface area contributed by atoms with Gasteiger partial charge in [-0.3, -0.25) is 10.9 Å². The zero-order chi connectivity index (χ0) is 10.8. The van der Waals surface area contributed by atoms with Crippen LogP contribution in [0.1, 0.15) is 19.4 Å². The number of hydrogen-bond acceptors (Lipinski definition) is 3. The van der Waals surface area contributed by atoms with Crippen molar-refractivity contribution in [1.29, 1.82) is 0 Å². The van der Waals surface area contributed by atoms with Crippen LogP contribution < -0.4 is 10.9 Å². The summed E-state index contributed by atoms with van der Waals surface area (Å²) in [5.74, 6) is 0.942. The quantitative estimate of drug-likeness (QED) is 0.686. The van der Waals surface area contributed by atoms with Gasteiger partial charge in [0.2, 0.25) is 0 Å². The molecule has 0 aliphatic carbocycles. The van der Waals surface area contributed by atoms with Crippen molar-refractivity contribution in [1.82, 2.24) is 10.9 Å². The Kier molecular flexibility index (Phi) is 2.93. The molecule has 0 saturated carbocycles. The molecule has 0 radical (unpaired) electrons. The van der Waals surface area contributed by atoms with E-state index in [1.165, 1.54) is 5.56 Å². The maximum Gasteiger partial charge on any atom is 0.115 e. The molecule has 1 fully saturated rings. The van der Waals surface area contributed by atoms with E-state index in [0.717, 1.165) is 6.42 Å². The van der Waals surface area contributed by atoms with Gasteiger partial charge in [-0.2, -0.15) is 0 Å². The van der Waals surface area contributed by atoms with E-state index in [4.69, 9.17) is 0 Å². The number of aromatic hydroxyl groups is 1. The number of phenolic OH excluding ortho intramolecular Hbond substituents is 1. The second kappa shape index (κ2) is 4.21. The average molecular weight is 206 g/mol. The van der Waals surface area contributed by atoms with Crippen LogP contribution in [0.3, 0.4) is 0 Å². The van der Waals surface area contributed by atoms with E-state index >= 15 is 0 Å². The molecule has 2 atom stereocenters. The third-order valence-electron chi connectivity index (χ3n) is 3.23. The molecule has 0 spiro atoms. The Morgan fingerprint density at radius 1 is 1.07 bits per heavy atom. The van der Waals surface area contributed by atoms with E-state index in [9.17, 15) is 5.11 Å². The molecule has 1 aromatic carbocycles. The van der Waals surface area contributed by atoms with Gasteiger partial charge in [-0.05, 0) is 43.9 Å². The van der Waals surface area contributed by atoms with Gasteiger partial charge < -0.3 is 5.11 Å². The van der Waals surface area contributed by atoms with E-state index in [2.05, 4.69) is 24.7 Å². The number of hydrogen-bond donors (Lipinski definition) is 3. The number of nitrogens with one attached hydrogen (secondary N) is 2. The summed E-state index contributed by atoms with van der Waals surface area (Å²) >= 11 is 0. The molecule has 1 heterocycles. The van der Waals surface area contributed by atoms with Crippen LogP contribution in [0.4, 0.5) is 0 Å². The van der Waals surface area contributed by atoms with E-state index in [1.807, 2.05) is 12.1 Å². The molecular formula is C12H18N2O. The number of benzene rings is 1. The Morgan fingerprint density at radius 3 is 2.13 bits per heavy atom. The highest BCUT2D eigenvalue weighted by molar-refractivity contribution is 5.26. The SMILES string of the molecule is CC1NNC(C)C1Cc1ccc(O)cc1. The van der Waals surface area contributed by atoms with E-state index < -0.39 is 0 Å². The van der Waals surface area contributed by atoms with Crippen LogP contribution in [0.15, 0.2) is 24.3 Å². The first-order chi connectivity index (χ1) is 7.16. The summed E-state index contributed by atoms with van der Waals surface area (Å²) in [5, 5.41) is 9.20. The predicted octanol–water partition coefficient (Wildman–Crippen LogP) is 1.44. The molecule has 1 aromatic rings. The third kappa shape index (κ3) is 2.30. The molecule has 0 amide bonds. The van der Waals surface area contributed by atoms with Crippen molar-refractivity contribution in [2.45, 2.75) is 32.4 Å². The van der Waals surface area contributed by atoms with Crippen LogP contribution in [-0.2, 0) is 6.42 Å². The van der Waals surface area contributed by atoms with Gasteiger partial charge in [0, 0.05) is 12.1 Å². The van der Waals surface area contributed by atoms with Crippen LogP contribution in [0, 0.1) is 5.92 Å². The highest BCUT2D eigenvalue weighted by Crippen LogP contribution is 2.21. The van der Waals surface area contributed by atoms with E-state index in [-0.39, 0.29) is 0 Å². The monoisotopic (exact) mass is 206 g/mol. The molecule has 0 bridgehead atoms. The lowest BCUT2D eigenvalue weighted by Crippen LogP contribution is -2.30. The highest BCUT2D eigenvalue weighted by Gasteiger charge is 2.29. The van der Waals surface area contributed by atoms with Gasteiger partial charge in [0.1, 0.15) is 5.75 Å². The van der Waals surface area contributed by atoms with Crippen LogP contribution >= 0.6 is 0 Å². The molecule has 15 heavy (non-hydrogen) atoms. The smallest absolute Gasteiger partial charge is 0.115 e.